The number of fused-ring (bicyclic) bond motifs is 1. The summed E-state index contributed by atoms with van der Waals surface area (Å²) in [4.78, 5) is 26.0. The molecule has 1 saturated carbocycles. The molecule has 164 valence electrons. The van der Waals surface area contributed by atoms with Gasteiger partial charge in [0.1, 0.15) is 0 Å². The summed E-state index contributed by atoms with van der Waals surface area (Å²) < 4.78 is 0. The van der Waals surface area contributed by atoms with E-state index in [2.05, 4.69) is 36.6 Å². The highest BCUT2D eigenvalue weighted by atomic mass is 32.2. The maximum Gasteiger partial charge on any atom is 0.257 e. The molecule has 2 aliphatic rings. The fourth-order valence-electron chi connectivity index (χ4n) is 4.02. The van der Waals surface area contributed by atoms with Crippen LogP contribution in [0.1, 0.15) is 56.6 Å². The maximum absolute atomic E-state index is 12.6. The third-order valence-electron chi connectivity index (χ3n) is 5.72. The van der Waals surface area contributed by atoms with Gasteiger partial charge in [-0.2, -0.15) is 11.8 Å². The normalized spacial score (nSPS) is 24.9. The van der Waals surface area contributed by atoms with Gasteiger partial charge in [-0.05, 0) is 62.2 Å². The molecule has 1 aliphatic heterocycles. The third kappa shape index (κ3) is 6.81. The molecular formula is C24H34N2O2S2. The molecule has 6 heteroatoms. The SMILES string of the molecule is CCCCSCCCNC(=O)C1CCC2S/C(=C/c3cccc(C)c3)C(=O)NC2C1. The molecule has 4 nitrogen and oxygen atoms in total. The van der Waals surface area contributed by atoms with Crippen molar-refractivity contribution in [3.05, 3.63) is 40.3 Å². The molecular weight excluding hydrogens is 412 g/mol. The molecule has 30 heavy (non-hydrogen) atoms. The van der Waals surface area contributed by atoms with Gasteiger partial charge in [0.05, 0.1) is 4.91 Å². The number of rotatable bonds is 9. The van der Waals surface area contributed by atoms with Gasteiger partial charge in [-0.1, -0.05) is 43.2 Å². The molecule has 0 aromatic heterocycles. The van der Waals surface area contributed by atoms with Crippen LogP contribution in [0.2, 0.25) is 0 Å². The lowest BCUT2D eigenvalue weighted by atomic mass is 9.84. The Hall–Kier alpha value is -1.40. The lowest BCUT2D eigenvalue weighted by molar-refractivity contribution is -0.127. The monoisotopic (exact) mass is 446 g/mol. The molecule has 3 unspecified atom stereocenters. The molecule has 0 radical (unpaired) electrons. The second-order valence-corrected chi connectivity index (χ2v) is 10.8. The van der Waals surface area contributed by atoms with Crippen LogP contribution in [-0.2, 0) is 9.59 Å². The highest BCUT2D eigenvalue weighted by Crippen LogP contribution is 2.39. The summed E-state index contributed by atoms with van der Waals surface area (Å²) in [6.07, 6.45) is 8.14. The molecule has 0 spiro atoms. The third-order valence-corrected chi connectivity index (χ3v) is 8.30. The second-order valence-electron chi connectivity index (χ2n) is 8.28. The number of amides is 2. The van der Waals surface area contributed by atoms with Crippen LogP contribution < -0.4 is 10.6 Å². The van der Waals surface area contributed by atoms with Crippen LogP contribution in [-0.4, -0.2) is 41.2 Å². The van der Waals surface area contributed by atoms with E-state index in [9.17, 15) is 9.59 Å². The predicted molar refractivity (Wildman–Crippen MR) is 130 cm³/mol. The van der Waals surface area contributed by atoms with E-state index in [1.807, 2.05) is 30.0 Å². The number of hydrogen-bond donors (Lipinski definition) is 2. The first-order valence-corrected chi connectivity index (χ1v) is 13.2. The van der Waals surface area contributed by atoms with Gasteiger partial charge in [-0.3, -0.25) is 9.59 Å². The number of carbonyl (C=O) groups is 2. The van der Waals surface area contributed by atoms with E-state index >= 15 is 0 Å². The highest BCUT2D eigenvalue weighted by Gasteiger charge is 2.39. The number of unbranched alkanes of at least 4 members (excludes halogenated alkanes) is 1. The van der Waals surface area contributed by atoms with Gasteiger partial charge >= 0.3 is 0 Å². The van der Waals surface area contributed by atoms with Crippen molar-refractivity contribution in [1.29, 1.82) is 0 Å². The summed E-state index contributed by atoms with van der Waals surface area (Å²) in [6.45, 7) is 5.03. The van der Waals surface area contributed by atoms with Crippen molar-refractivity contribution >= 4 is 41.4 Å². The van der Waals surface area contributed by atoms with Crippen LogP contribution in [0.4, 0.5) is 0 Å². The molecule has 1 heterocycles. The number of benzene rings is 1. The van der Waals surface area contributed by atoms with Crippen molar-refractivity contribution in [2.75, 3.05) is 18.1 Å². The lowest BCUT2D eigenvalue weighted by Crippen LogP contribution is -2.51. The van der Waals surface area contributed by atoms with E-state index in [4.69, 9.17) is 0 Å². The van der Waals surface area contributed by atoms with E-state index in [1.165, 1.54) is 24.2 Å². The summed E-state index contributed by atoms with van der Waals surface area (Å²) in [6, 6.07) is 8.29. The van der Waals surface area contributed by atoms with Crippen LogP contribution in [0, 0.1) is 12.8 Å². The van der Waals surface area contributed by atoms with Crippen molar-refractivity contribution in [2.24, 2.45) is 5.92 Å². The Balaban J connectivity index is 1.45. The Bertz CT molecular complexity index is 765. The number of nitrogens with one attached hydrogen (secondary N) is 2. The van der Waals surface area contributed by atoms with E-state index in [1.54, 1.807) is 11.8 Å². The second kappa shape index (κ2) is 11.8. The zero-order valence-electron chi connectivity index (χ0n) is 18.1. The van der Waals surface area contributed by atoms with E-state index in [0.717, 1.165) is 48.4 Å². The average Bonchev–Trinajstić information content (AvgIpc) is 2.73. The van der Waals surface area contributed by atoms with Crippen LogP contribution in [0.25, 0.3) is 6.08 Å². The summed E-state index contributed by atoms with van der Waals surface area (Å²) in [5, 5.41) is 6.65. The lowest BCUT2D eigenvalue weighted by Gasteiger charge is -2.39. The number of carbonyl (C=O) groups excluding carboxylic acids is 2. The molecule has 1 aromatic carbocycles. The molecule has 3 atom stereocenters. The molecule has 1 aromatic rings. The Morgan fingerprint density at radius 1 is 1.30 bits per heavy atom. The molecule has 1 saturated heterocycles. The van der Waals surface area contributed by atoms with Crippen molar-refractivity contribution in [1.82, 2.24) is 10.6 Å². The average molecular weight is 447 g/mol. The van der Waals surface area contributed by atoms with Crippen molar-refractivity contribution in [2.45, 2.75) is 63.7 Å². The molecule has 2 N–H and O–H groups in total. The van der Waals surface area contributed by atoms with Crippen molar-refractivity contribution in [3.63, 3.8) is 0 Å². The van der Waals surface area contributed by atoms with Gasteiger partial charge < -0.3 is 10.6 Å². The first-order valence-electron chi connectivity index (χ1n) is 11.2. The van der Waals surface area contributed by atoms with Gasteiger partial charge in [0.25, 0.3) is 5.91 Å². The Kier molecular flexibility index (Phi) is 9.19. The Morgan fingerprint density at radius 3 is 2.93 bits per heavy atom. The highest BCUT2D eigenvalue weighted by molar-refractivity contribution is 8.04. The minimum atomic E-state index is -0.00656. The molecule has 2 amide bonds. The standard InChI is InChI=1S/C24H34N2O2S2/c1-3-4-12-29-13-6-11-25-23(27)19-9-10-21-20(16-19)26-24(28)22(30-21)15-18-8-5-7-17(2)14-18/h5,7-8,14-15,19-21H,3-4,6,9-13,16H2,1-2H3,(H,25,27)(H,26,28)/b22-15+. The van der Waals surface area contributed by atoms with Crippen LogP contribution in [0.5, 0.6) is 0 Å². The zero-order valence-corrected chi connectivity index (χ0v) is 19.7. The minimum Gasteiger partial charge on any atom is -0.356 e. The van der Waals surface area contributed by atoms with E-state index in [-0.39, 0.29) is 23.8 Å². The van der Waals surface area contributed by atoms with Gasteiger partial charge in [0, 0.05) is 23.8 Å². The molecule has 2 fully saturated rings. The first kappa shape index (κ1) is 23.3. The fraction of sp³-hybridized carbons (Fsp3) is 0.583. The Morgan fingerprint density at radius 2 is 2.13 bits per heavy atom. The quantitative estimate of drug-likeness (QED) is 0.423. The smallest absolute Gasteiger partial charge is 0.257 e. The predicted octanol–water partition coefficient (Wildman–Crippen LogP) is 4.78. The number of thioether (sulfide) groups is 2. The maximum atomic E-state index is 12.6. The first-order chi connectivity index (χ1) is 14.6. The minimum absolute atomic E-state index is 0.00656. The van der Waals surface area contributed by atoms with Crippen molar-refractivity contribution < 1.29 is 9.59 Å². The van der Waals surface area contributed by atoms with Crippen LogP contribution >= 0.6 is 23.5 Å². The summed E-state index contributed by atoms with van der Waals surface area (Å²) in [5.41, 5.74) is 2.25. The molecule has 0 bridgehead atoms. The van der Waals surface area contributed by atoms with E-state index < -0.39 is 0 Å². The van der Waals surface area contributed by atoms with Gasteiger partial charge in [0.2, 0.25) is 5.91 Å². The number of aryl methyl sites for hydroxylation is 1. The van der Waals surface area contributed by atoms with Gasteiger partial charge in [-0.15, -0.1) is 11.8 Å². The van der Waals surface area contributed by atoms with Crippen LogP contribution in [0.3, 0.4) is 0 Å². The summed E-state index contributed by atoms with van der Waals surface area (Å²) in [7, 11) is 0. The van der Waals surface area contributed by atoms with Gasteiger partial charge in [0.15, 0.2) is 0 Å². The summed E-state index contributed by atoms with van der Waals surface area (Å²) in [5.74, 6) is 2.49. The van der Waals surface area contributed by atoms with Crippen molar-refractivity contribution in [3.8, 4) is 0 Å². The molecule has 3 rings (SSSR count). The fourth-order valence-corrected chi connectivity index (χ4v) is 6.36. The largest absolute Gasteiger partial charge is 0.356 e. The van der Waals surface area contributed by atoms with E-state index in [0.29, 0.717) is 5.25 Å². The number of hydrogen-bond acceptors (Lipinski definition) is 4. The molecule has 1 aliphatic carbocycles. The zero-order chi connectivity index (χ0) is 21.3. The summed E-state index contributed by atoms with van der Waals surface area (Å²) >= 11 is 3.66. The van der Waals surface area contributed by atoms with Gasteiger partial charge in [-0.25, -0.2) is 0 Å². The Labute approximate surface area is 189 Å². The topological polar surface area (TPSA) is 58.2 Å². The van der Waals surface area contributed by atoms with Crippen LogP contribution in [0.15, 0.2) is 29.2 Å².